The maximum atomic E-state index is 13.6. The molecular weight excluding hydrogens is 313 g/mol. The number of amides is 1. The van der Waals surface area contributed by atoms with Gasteiger partial charge in [-0.15, -0.1) is 11.3 Å². The highest BCUT2D eigenvalue weighted by Crippen LogP contribution is 2.20. The highest BCUT2D eigenvalue weighted by atomic mass is 32.2. The van der Waals surface area contributed by atoms with Crippen molar-refractivity contribution in [3.63, 3.8) is 0 Å². The quantitative estimate of drug-likeness (QED) is 0.859. The first kappa shape index (κ1) is 15.7. The van der Waals surface area contributed by atoms with Gasteiger partial charge in [-0.05, 0) is 36.1 Å². The van der Waals surface area contributed by atoms with Gasteiger partial charge in [0.15, 0.2) is 9.84 Å². The van der Waals surface area contributed by atoms with Crippen LogP contribution in [0.3, 0.4) is 0 Å². The van der Waals surface area contributed by atoms with Crippen LogP contribution in [0.15, 0.2) is 40.6 Å². The minimum Gasteiger partial charge on any atom is -0.324 e. The van der Waals surface area contributed by atoms with Crippen LogP contribution in [0, 0.1) is 5.82 Å². The second-order valence-corrected chi connectivity index (χ2v) is 7.59. The highest BCUT2D eigenvalue weighted by molar-refractivity contribution is 7.90. The van der Waals surface area contributed by atoms with Crippen LogP contribution >= 0.6 is 11.3 Å². The number of carbonyl (C=O) groups is 1. The van der Waals surface area contributed by atoms with Gasteiger partial charge in [-0.1, -0.05) is 6.07 Å². The molecule has 0 spiro atoms. The summed E-state index contributed by atoms with van der Waals surface area (Å²) in [6.45, 7) is 0. The lowest BCUT2D eigenvalue weighted by Crippen LogP contribution is -2.13. The smallest absolute Gasteiger partial charge is 0.224 e. The Morgan fingerprint density at radius 1 is 1.33 bits per heavy atom. The van der Waals surface area contributed by atoms with Crippen LogP contribution in [0.4, 0.5) is 10.1 Å². The number of anilines is 1. The number of rotatable bonds is 5. The summed E-state index contributed by atoms with van der Waals surface area (Å²) in [6.07, 6.45) is 1.81. The summed E-state index contributed by atoms with van der Waals surface area (Å²) in [5.74, 6) is -1.01. The lowest BCUT2D eigenvalue weighted by atomic mass is 10.2. The fraction of sp³-hybridized carbons (Fsp3) is 0.214. The topological polar surface area (TPSA) is 63.2 Å². The molecule has 0 aliphatic rings. The molecule has 0 aliphatic carbocycles. The van der Waals surface area contributed by atoms with Crippen molar-refractivity contribution < 1.29 is 17.6 Å². The van der Waals surface area contributed by atoms with Crippen LogP contribution in [-0.4, -0.2) is 20.6 Å². The molecule has 2 rings (SSSR count). The molecule has 0 saturated heterocycles. The maximum absolute atomic E-state index is 13.6. The van der Waals surface area contributed by atoms with Crippen molar-refractivity contribution in [2.75, 3.05) is 11.6 Å². The van der Waals surface area contributed by atoms with E-state index < -0.39 is 15.7 Å². The van der Waals surface area contributed by atoms with E-state index in [-0.39, 0.29) is 22.9 Å². The van der Waals surface area contributed by atoms with Gasteiger partial charge in [0.2, 0.25) is 5.91 Å². The van der Waals surface area contributed by atoms with E-state index in [1.54, 1.807) is 11.3 Å². The number of aryl methyl sites for hydroxylation is 1. The van der Waals surface area contributed by atoms with E-state index in [0.29, 0.717) is 6.42 Å². The van der Waals surface area contributed by atoms with Gasteiger partial charge >= 0.3 is 0 Å². The molecule has 0 fully saturated rings. The van der Waals surface area contributed by atoms with Gasteiger partial charge in [0, 0.05) is 17.6 Å². The van der Waals surface area contributed by atoms with Crippen molar-refractivity contribution in [1.82, 2.24) is 0 Å². The van der Waals surface area contributed by atoms with E-state index >= 15 is 0 Å². The summed E-state index contributed by atoms with van der Waals surface area (Å²) < 4.78 is 36.5. The Bertz CT molecular complexity index is 740. The minimum atomic E-state index is -3.44. The third-order valence-electron chi connectivity index (χ3n) is 2.82. The van der Waals surface area contributed by atoms with Crippen LogP contribution in [0.2, 0.25) is 0 Å². The zero-order valence-electron chi connectivity index (χ0n) is 11.3. The molecule has 112 valence electrons. The Labute approximate surface area is 126 Å². The van der Waals surface area contributed by atoms with Gasteiger partial charge in [0.25, 0.3) is 0 Å². The van der Waals surface area contributed by atoms with Crippen LogP contribution in [0.25, 0.3) is 0 Å². The van der Waals surface area contributed by atoms with Gasteiger partial charge in [0.1, 0.15) is 5.82 Å². The average Bonchev–Trinajstić information content (AvgIpc) is 2.91. The van der Waals surface area contributed by atoms with Crippen molar-refractivity contribution in [2.45, 2.75) is 17.7 Å². The van der Waals surface area contributed by atoms with Crippen LogP contribution in [-0.2, 0) is 21.1 Å². The molecule has 0 aliphatic heterocycles. The zero-order valence-corrected chi connectivity index (χ0v) is 12.9. The van der Waals surface area contributed by atoms with Gasteiger partial charge in [0.05, 0.1) is 10.6 Å². The minimum absolute atomic E-state index is 0.0301. The zero-order chi connectivity index (χ0) is 15.5. The third-order valence-corrected chi connectivity index (χ3v) is 4.87. The highest BCUT2D eigenvalue weighted by Gasteiger charge is 2.13. The second-order valence-electron chi connectivity index (χ2n) is 4.54. The number of hydrogen-bond acceptors (Lipinski definition) is 4. The number of benzene rings is 1. The molecule has 7 heteroatoms. The van der Waals surface area contributed by atoms with Gasteiger partial charge in [-0.25, -0.2) is 12.8 Å². The molecule has 21 heavy (non-hydrogen) atoms. The molecule has 0 atom stereocenters. The molecule has 4 nitrogen and oxygen atoms in total. The van der Waals surface area contributed by atoms with Crippen LogP contribution in [0.5, 0.6) is 0 Å². The molecule has 1 aromatic carbocycles. The van der Waals surface area contributed by atoms with E-state index in [1.165, 1.54) is 6.07 Å². The van der Waals surface area contributed by atoms with E-state index in [2.05, 4.69) is 5.32 Å². The van der Waals surface area contributed by atoms with Gasteiger partial charge in [-0.2, -0.15) is 0 Å². The Kier molecular flexibility index (Phi) is 4.74. The van der Waals surface area contributed by atoms with Crippen LogP contribution < -0.4 is 5.32 Å². The number of thiophene rings is 1. The monoisotopic (exact) mass is 327 g/mol. The SMILES string of the molecule is CS(=O)(=O)c1ccc(F)c(NC(=O)CCc2cccs2)c1. The predicted molar refractivity (Wildman–Crippen MR) is 80.8 cm³/mol. The van der Waals surface area contributed by atoms with E-state index in [4.69, 9.17) is 0 Å². The molecule has 2 aromatic rings. The maximum Gasteiger partial charge on any atom is 0.224 e. The average molecular weight is 327 g/mol. The van der Waals surface area contributed by atoms with E-state index in [0.717, 1.165) is 23.3 Å². The van der Waals surface area contributed by atoms with E-state index in [1.807, 2.05) is 17.5 Å². The Morgan fingerprint density at radius 2 is 2.10 bits per heavy atom. The molecule has 1 N–H and O–H groups in total. The first-order valence-corrected chi connectivity index (χ1v) is 8.95. The normalized spacial score (nSPS) is 11.3. The summed E-state index contributed by atoms with van der Waals surface area (Å²) in [5, 5.41) is 4.33. The third kappa shape index (κ3) is 4.37. The predicted octanol–water partition coefficient (Wildman–Crippen LogP) is 2.86. The summed E-state index contributed by atoms with van der Waals surface area (Å²) in [4.78, 5) is 12.8. The Morgan fingerprint density at radius 3 is 2.71 bits per heavy atom. The fourth-order valence-electron chi connectivity index (χ4n) is 1.74. The van der Waals surface area contributed by atoms with E-state index in [9.17, 15) is 17.6 Å². The van der Waals surface area contributed by atoms with Crippen LogP contribution in [0.1, 0.15) is 11.3 Å². The molecule has 1 aromatic heterocycles. The fourth-order valence-corrected chi connectivity index (χ4v) is 3.09. The second kappa shape index (κ2) is 6.36. The van der Waals surface area contributed by atoms with Crippen molar-refractivity contribution in [3.8, 4) is 0 Å². The molecule has 0 saturated carbocycles. The Balaban J connectivity index is 2.06. The summed E-state index contributed by atoms with van der Waals surface area (Å²) in [7, 11) is -3.44. The van der Waals surface area contributed by atoms with Crippen molar-refractivity contribution in [2.24, 2.45) is 0 Å². The van der Waals surface area contributed by atoms with Crippen molar-refractivity contribution >= 4 is 32.8 Å². The first-order valence-electron chi connectivity index (χ1n) is 6.18. The number of nitrogens with one attached hydrogen (secondary N) is 1. The number of hydrogen-bond donors (Lipinski definition) is 1. The number of sulfone groups is 1. The van der Waals surface area contributed by atoms with Crippen molar-refractivity contribution in [3.05, 3.63) is 46.4 Å². The molecule has 1 heterocycles. The van der Waals surface area contributed by atoms with Crippen molar-refractivity contribution in [1.29, 1.82) is 0 Å². The number of halogens is 1. The standard InChI is InChI=1S/C14H14FNO3S2/c1-21(18,19)11-5-6-12(15)13(9-11)16-14(17)7-4-10-3-2-8-20-10/h2-3,5-6,8-9H,4,7H2,1H3,(H,16,17). The largest absolute Gasteiger partial charge is 0.324 e. The number of carbonyl (C=O) groups excluding carboxylic acids is 1. The molecular formula is C14H14FNO3S2. The summed E-state index contributed by atoms with van der Waals surface area (Å²) in [6, 6.07) is 7.15. The molecule has 0 radical (unpaired) electrons. The lowest BCUT2D eigenvalue weighted by Gasteiger charge is -2.08. The lowest BCUT2D eigenvalue weighted by molar-refractivity contribution is -0.116. The summed E-state index contributed by atoms with van der Waals surface area (Å²) >= 11 is 1.55. The molecule has 1 amide bonds. The van der Waals surface area contributed by atoms with Gasteiger partial charge in [-0.3, -0.25) is 4.79 Å². The Hall–Kier alpha value is -1.73. The molecule has 0 bridgehead atoms. The summed E-state index contributed by atoms with van der Waals surface area (Å²) in [5.41, 5.74) is -0.117. The van der Waals surface area contributed by atoms with Gasteiger partial charge < -0.3 is 5.32 Å². The molecule has 0 unspecified atom stereocenters. The first-order chi connectivity index (χ1) is 9.86.